The van der Waals surface area contributed by atoms with E-state index in [2.05, 4.69) is 17.4 Å². The molecule has 3 fully saturated rings. The van der Waals surface area contributed by atoms with Crippen molar-refractivity contribution < 1.29 is 12.8 Å². The van der Waals surface area contributed by atoms with Crippen molar-refractivity contribution in [2.24, 2.45) is 17.8 Å². The molecule has 2 saturated carbocycles. The van der Waals surface area contributed by atoms with Gasteiger partial charge in [-0.15, -0.1) is 0 Å². The monoisotopic (exact) mass is 425 g/mol. The minimum atomic E-state index is -3.52. The summed E-state index contributed by atoms with van der Waals surface area (Å²) in [5.74, 6) is 0.629. The van der Waals surface area contributed by atoms with E-state index in [1.165, 1.54) is 22.0 Å². The summed E-state index contributed by atoms with van der Waals surface area (Å²) in [6, 6.07) is 17.0. The molecule has 5 atom stereocenters. The number of halogens is 1. The summed E-state index contributed by atoms with van der Waals surface area (Å²) in [5.41, 5.74) is 2.17. The number of hydrogen-bond donors (Lipinski definition) is 1. The lowest BCUT2D eigenvalue weighted by Gasteiger charge is -2.30. The van der Waals surface area contributed by atoms with Crippen LogP contribution in [0.25, 0.3) is 0 Å². The predicted molar refractivity (Wildman–Crippen MR) is 113 cm³/mol. The van der Waals surface area contributed by atoms with E-state index in [4.69, 9.17) is 5.26 Å². The first-order valence-electron chi connectivity index (χ1n) is 10.4. The maximum Gasteiger partial charge on any atom is 0.238 e. The quantitative estimate of drug-likeness (QED) is 0.797. The van der Waals surface area contributed by atoms with Crippen LogP contribution in [0.5, 0.6) is 0 Å². The van der Waals surface area contributed by atoms with Gasteiger partial charge in [0, 0.05) is 24.7 Å². The standard InChI is InChI=1S/C23H24FN3O2S/c24-11-18-8-19(7-6-16(18)12-25)27-14-21-17-9-20(23(21)30(27,28)29)22(10-17)26-13-15-4-2-1-3-5-15/h1-8,17,20-23,26H,9-11,13-14H2/t17-,20+,21+,22-,23-/m1/s1. The Balaban J connectivity index is 1.37. The zero-order chi connectivity index (χ0) is 20.9. The van der Waals surface area contributed by atoms with E-state index in [1.54, 1.807) is 6.07 Å². The van der Waals surface area contributed by atoms with Gasteiger partial charge in [0.15, 0.2) is 0 Å². The summed E-state index contributed by atoms with van der Waals surface area (Å²) < 4.78 is 41.8. The zero-order valence-corrected chi connectivity index (χ0v) is 17.4. The summed E-state index contributed by atoms with van der Waals surface area (Å²) in [5, 5.41) is 12.3. The van der Waals surface area contributed by atoms with E-state index in [-0.39, 0.29) is 34.3 Å². The van der Waals surface area contributed by atoms with Gasteiger partial charge in [0.1, 0.15) is 6.67 Å². The Morgan fingerprint density at radius 3 is 2.67 bits per heavy atom. The highest BCUT2D eigenvalue weighted by molar-refractivity contribution is 7.93. The van der Waals surface area contributed by atoms with Gasteiger partial charge in [-0.2, -0.15) is 5.26 Å². The molecule has 0 radical (unpaired) electrons. The Labute approximate surface area is 176 Å². The number of hydrogen-bond acceptors (Lipinski definition) is 4. The van der Waals surface area contributed by atoms with Gasteiger partial charge >= 0.3 is 0 Å². The van der Waals surface area contributed by atoms with E-state index < -0.39 is 16.7 Å². The molecule has 1 saturated heterocycles. The molecule has 1 N–H and O–H groups in total. The third-order valence-corrected chi connectivity index (χ3v) is 9.54. The van der Waals surface area contributed by atoms with Crippen LogP contribution in [0.4, 0.5) is 10.1 Å². The highest BCUT2D eigenvalue weighted by atomic mass is 32.2. The average Bonchev–Trinajstić information content (AvgIpc) is 3.42. The second-order valence-electron chi connectivity index (χ2n) is 8.66. The van der Waals surface area contributed by atoms with Gasteiger partial charge in [-0.25, -0.2) is 12.8 Å². The van der Waals surface area contributed by atoms with Gasteiger partial charge in [0.25, 0.3) is 0 Å². The molecule has 2 aromatic rings. The van der Waals surface area contributed by atoms with Crippen LogP contribution in [-0.4, -0.2) is 26.3 Å². The Morgan fingerprint density at radius 1 is 1.13 bits per heavy atom. The molecule has 7 heteroatoms. The Kier molecular flexibility index (Phi) is 4.79. The molecule has 2 aromatic carbocycles. The fourth-order valence-corrected chi connectivity index (χ4v) is 8.41. The van der Waals surface area contributed by atoms with E-state index >= 15 is 0 Å². The second-order valence-corrected chi connectivity index (χ2v) is 10.7. The number of fused-ring (bicyclic) bond motifs is 5. The SMILES string of the molecule is N#Cc1ccc(N2C[C@H]3[C@@H]4C[C@H]([C@H]3S2(=O)=O)[C@H](NCc2ccccc2)C4)cc1CF. The number of benzene rings is 2. The number of rotatable bonds is 5. The maximum atomic E-state index is 13.5. The van der Waals surface area contributed by atoms with Gasteiger partial charge < -0.3 is 5.32 Å². The topological polar surface area (TPSA) is 73.2 Å². The summed E-state index contributed by atoms with van der Waals surface area (Å²) in [4.78, 5) is 0. The molecule has 5 rings (SSSR count). The third kappa shape index (κ3) is 3.01. The fraction of sp³-hybridized carbons (Fsp3) is 0.435. The molecule has 1 aliphatic heterocycles. The fourth-order valence-electron chi connectivity index (χ4n) is 5.83. The lowest BCUT2D eigenvalue weighted by Crippen LogP contribution is -2.44. The van der Waals surface area contributed by atoms with Crippen molar-refractivity contribution >= 4 is 15.7 Å². The molecule has 0 spiro atoms. The summed E-state index contributed by atoms with van der Waals surface area (Å²) >= 11 is 0. The van der Waals surface area contributed by atoms with Crippen molar-refractivity contribution in [3.63, 3.8) is 0 Å². The highest BCUT2D eigenvalue weighted by Crippen LogP contribution is 2.56. The number of nitriles is 1. The van der Waals surface area contributed by atoms with Crippen LogP contribution in [-0.2, 0) is 23.2 Å². The molecule has 3 aliphatic rings. The summed E-state index contributed by atoms with van der Waals surface area (Å²) in [7, 11) is -3.52. The van der Waals surface area contributed by atoms with E-state index in [0.717, 1.165) is 19.4 Å². The molecule has 0 aromatic heterocycles. The number of nitrogens with one attached hydrogen (secondary N) is 1. The zero-order valence-electron chi connectivity index (χ0n) is 16.5. The van der Waals surface area contributed by atoms with Gasteiger partial charge in [-0.05, 0) is 54.4 Å². The van der Waals surface area contributed by atoms with E-state index in [0.29, 0.717) is 18.2 Å². The van der Waals surface area contributed by atoms with Gasteiger partial charge in [-0.3, -0.25) is 4.31 Å². The van der Waals surface area contributed by atoms with Crippen LogP contribution in [0.1, 0.15) is 29.5 Å². The van der Waals surface area contributed by atoms with Crippen molar-refractivity contribution in [2.45, 2.75) is 37.4 Å². The Bertz CT molecular complexity index is 1100. The van der Waals surface area contributed by atoms with Crippen molar-refractivity contribution in [1.82, 2.24) is 5.32 Å². The molecule has 2 bridgehead atoms. The van der Waals surface area contributed by atoms with Gasteiger partial charge in [0.05, 0.1) is 22.6 Å². The van der Waals surface area contributed by atoms with Crippen LogP contribution in [0.2, 0.25) is 0 Å². The lowest BCUT2D eigenvalue weighted by atomic mass is 9.85. The Hall–Kier alpha value is -2.43. The molecule has 0 amide bonds. The van der Waals surface area contributed by atoms with Crippen LogP contribution in [0, 0.1) is 29.1 Å². The largest absolute Gasteiger partial charge is 0.310 e. The number of nitrogens with zero attached hydrogens (tertiary/aromatic N) is 2. The van der Waals surface area contributed by atoms with E-state index in [1.807, 2.05) is 24.3 Å². The van der Waals surface area contributed by atoms with Crippen molar-refractivity contribution in [3.8, 4) is 6.07 Å². The smallest absolute Gasteiger partial charge is 0.238 e. The second kappa shape index (κ2) is 7.36. The molecule has 0 unspecified atom stereocenters. The van der Waals surface area contributed by atoms with Crippen LogP contribution in [0.15, 0.2) is 48.5 Å². The normalized spacial score (nSPS) is 30.9. The first-order valence-corrected chi connectivity index (χ1v) is 11.9. The van der Waals surface area contributed by atoms with Gasteiger partial charge in [-0.1, -0.05) is 30.3 Å². The highest BCUT2D eigenvalue weighted by Gasteiger charge is 2.62. The molecule has 156 valence electrons. The van der Waals surface area contributed by atoms with Crippen LogP contribution >= 0.6 is 0 Å². The van der Waals surface area contributed by atoms with Crippen LogP contribution in [0.3, 0.4) is 0 Å². The number of alkyl halides is 1. The number of sulfonamides is 1. The molecular formula is C23H24FN3O2S. The van der Waals surface area contributed by atoms with Crippen molar-refractivity contribution in [3.05, 3.63) is 65.2 Å². The van der Waals surface area contributed by atoms with E-state index in [9.17, 15) is 12.8 Å². The number of anilines is 1. The average molecular weight is 426 g/mol. The first-order chi connectivity index (χ1) is 14.5. The molecule has 30 heavy (non-hydrogen) atoms. The van der Waals surface area contributed by atoms with Crippen molar-refractivity contribution in [1.29, 1.82) is 5.26 Å². The molecule has 1 heterocycles. The summed E-state index contributed by atoms with van der Waals surface area (Å²) in [6.45, 7) is 0.413. The third-order valence-electron chi connectivity index (χ3n) is 7.18. The van der Waals surface area contributed by atoms with Crippen molar-refractivity contribution in [2.75, 3.05) is 10.8 Å². The minimum Gasteiger partial charge on any atom is -0.310 e. The Morgan fingerprint density at radius 2 is 1.93 bits per heavy atom. The predicted octanol–water partition coefficient (Wildman–Crippen LogP) is 3.36. The minimum absolute atomic E-state index is 0.109. The lowest BCUT2D eigenvalue weighted by molar-refractivity contribution is 0.294. The molecule has 2 aliphatic carbocycles. The summed E-state index contributed by atoms with van der Waals surface area (Å²) in [6.07, 6.45) is 1.96. The molecule has 5 nitrogen and oxygen atoms in total. The first kappa shape index (κ1) is 19.5. The molecular weight excluding hydrogens is 401 g/mol. The maximum absolute atomic E-state index is 13.5. The van der Waals surface area contributed by atoms with Crippen LogP contribution < -0.4 is 9.62 Å². The van der Waals surface area contributed by atoms with Gasteiger partial charge in [0.2, 0.25) is 10.0 Å².